The zero-order valence-corrected chi connectivity index (χ0v) is 11.9. The Balaban J connectivity index is 1.70. The van der Waals surface area contributed by atoms with Gasteiger partial charge in [0.2, 0.25) is 0 Å². The molecule has 1 aromatic heterocycles. The zero-order chi connectivity index (χ0) is 13.5. The summed E-state index contributed by atoms with van der Waals surface area (Å²) in [6.07, 6.45) is 8.97. The maximum absolute atomic E-state index is 10.6. The van der Waals surface area contributed by atoms with E-state index in [0.29, 0.717) is 12.0 Å². The lowest BCUT2D eigenvalue weighted by molar-refractivity contribution is -0.157. The molecule has 4 heteroatoms. The summed E-state index contributed by atoms with van der Waals surface area (Å²) in [7, 11) is 0. The van der Waals surface area contributed by atoms with Crippen LogP contribution < -0.4 is 0 Å². The lowest BCUT2D eigenvalue weighted by Gasteiger charge is -2.48. The van der Waals surface area contributed by atoms with E-state index in [1.165, 1.54) is 19.3 Å². The van der Waals surface area contributed by atoms with E-state index in [2.05, 4.69) is 18.9 Å². The molecule has 1 aliphatic carbocycles. The molecule has 0 radical (unpaired) electrons. The van der Waals surface area contributed by atoms with E-state index in [1.807, 2.05) is 17.1 Å². The fraction of sp³-hybridized carbons (Fsp3) is 0.800. The summed E-state index contributed by atoms with van der Waals surface area (Å²) in [6.45, 7) is 4.99. The van der Waals surface area contributed by atoms with Gasteiger partial charge in [-0.15, -0.1) is 0 Å². The molecule has 2 atom stereocenters. The van der Waals surface area contributed by atoms with Crippen LogP contribution in [0, 0.1) is 5.92 Å². The van der Waals surface area contributed by atoms with Gasteiger partial charge in [-0.3, -0.25) is 4.68 Å². The molecule has 1 saturated heterocycles. The molecule has 0 bridgehead atoms. The normalized spacial score (nSPS) is 27.5. The Morgan fingerprint density at radius 2 is 2.26 bits per heavy atom. The molecule has 2 fully saturated rings. The Hall–Kier alpha value is -0.870. The molecule has 106 valence electrons. The highest BCUT2D eigenvalue weighted by atomic mass is 16.5. The van der Waals surface area contributed by atoms with Gasteiger partial charge < -0.3 is 9.84 Å². The molecule has 1 N–H and O–H groups in total. The average molecular weight is 264 g/mol. The molecule has 2 unspecified atom stereocenters. The molecule has 1 saturated carbocycles. The van der Waals surface area contributed by atoms with Crippen molar-refractivity contribution in [2.24, 2.45) is 5.92 Å². The maximum Gasteiger partial charge on any atom is 0.0850 e. The SMILES string of the molecule is CC(C)n1cc(C(O)C2CCOC3(CCC3)C2)cn1. The van der Waals surface area contributed by atoms with Gasteiger partial charge in [-0.2, -0.15) is 5.10 Å². The van der Waals surface area contributed by atoms with Crippen molar-refractivity contribution in [2.45, 2.75) is 63.7 Å². The Morgan fingerprint density at radius 3 is 2.84 bits per heavy atom. The number of ether oxygens (including phenoxy) is 1. The second-order valence-electron chi connectivity index (χ2n) is 6.43. The first-order chi connectivity index (χ1) is 9.10. The van der Waals surface area contributed by atoms with Crippen LogP contribution in [0.2, 0.25) is 0 Å². The van der Waals surface area contributed by atoms with Crippen molar-refractivity contribution in [3.63, 3.8) is 0 Å². The smallest absolute Gasteiger partial charge is 0.0850 e. The molecule has 19 heavy (non-hydrogen) atoms. The monoisotopic (exact) mass is 264 g/mol. The number of hydrogen-bond acceptors (Lipinski definition) is 3. The second-order valence-corrected chi connectivity index (χ2v) is 6.43. The van der Waals surface area contributed by atoms with Gasteiger partial charge in [0, 0.05) is 24.4 Å². The van der Waals surface area contributed by atoms with Crippen LogP contribution in [0.5, 0.6) is 0 Å². The second kappa shape index (κ2) is 4.91. The largest absolute Gasteiger partial charge is 0.388 e. The topological polar surface area (TPSA) is 47.3 Å². The van der Waals surface area contributed by atoms with Gasteiger partial charge in [0.25, 0.3) is 0 Å². The first kappa shape index (κ1) is 13.1. The minimum absolute atomic E-state index is 0.0952. The third kappa shape index (κ3) is 2.43. The van der Waals surface area contributed by atoms with Crippen molar-refractivity contribution in [1.82, 2.24) is 9.78 Å². The molecule has 1 spiro atoms. The van der Waals surface area contributed by atoms with Crippen LogP contribution in [0.1, 0.15) is 63.7 Å². The van der Waals surface area contributed by atoms with Crippen LogP contribution >= 0.6 is 0 Å². The van der Waals surface area contributed by atoms with E-state index in [-0.39, 0.29) is 5.60 Å². The van der Waals surface area contributed by atoms with Crippen LogP contribution in [0.4, 0.5) is 0 Å². The maximum atomic E-state index is 10.6. The Labute approximate surface area is 114 Å². The number of aliphatic hydroxyl groups excluding tert-OH is 1. The summed E-state index contributed by atoms with van der Waals surface area (Å²) in [5, 5.41) is 14.9. The molecule has 1 aromatic rings. The van der Waals surface area contributed by atoms with Gasteiger partial charge in [0.05, 0.1) is 17.9 Å². The predicted molar refractivity (Wildman–Crippen MR) is 72.8 cm³/mol. The minimum Gasteiger partial charge on any atom is -0.388 e. The lowest BCUT2D eigenvalue weighted by atomic mass is 9.70. The summed E-state index contributed by atoms with van der Waals surface area (Å²) >= 11 is 0. The summed E-state index contributed by atoms with van der Waals surface area (Å²) in [6, 6.07) is 0.341. The molecule has 4 nitrogen and oxygen atoms in total. The quantitative estimate of drug-likeness (QED) is 0.913. The minimum atomic E-state index is -0.395. The fourth-order valence-electron chi connectivity index (χ4n) is 3.31. The highest BCUT2D eigenvalue weighted by Gasteiger charge is 2.44. The Kier molecular flexibility index (Phi) is 3.39. The number of aromatic nitrogens is 2. The molecular weight excluding hydrogens is 240 g/mol. The Bertz CT molecular complexity index is 437. The van der Waals surface area contributed by atoms with E-state index in [0.717, 1.165) is 25.0 Å². The van der Waals surface area contributed by atoms with Crippen molar-refractivity contribution in [3.8, 4) is 0 Å². The summed E-state index contributed by atoms with van der Waals surface area (Å²) in [4.78, 5) is 0. The van der Waals surface area contributed by atoms with E-state index in [9.17, 15) is 5.11 Å². The van der Waals surface area contributed by atoms with E-state index in [1.54, 1.807) is 0 Å². The highest BCUT2D eigenvalue weighted by molar-refractivity contribution is 5.11. The number of rotatable bonds is 3. The van der Waals surface area contributed by atoms with Crippen molar-refractivity contribution < 1.29 is 9.84 Å². The van der Waals surface area contributed by atoms with Crippen molar-refractivity contribution >= 4 is 0 Å². The molecule has 2 aliphatic rings. The van der Waals surface area contributed by atoms with E-state index in [4.69, 9.17) is 4.74 Å². The molecule has 1 aliphatic heterocycles. The number of aliphatic hydroxyl groups is 1. The lowest BCUT2D eigenvalue weighted by Crippen LogP contribution is -2.46. The molecule has 0 amide bonds. The average Bonchev–Trinajstić information content (AvgIpc) is 2.86. The fourth-order valence-corrected chi connectivity index (χ4v) is 3.31. The number of nitrogens with zero attached hydrogens (tertiary/aromatic N) is 2. The van der Waals surface area contributed by atoms with Crippen LogP contribution in [-0.4, -0.2) is 27.1 Å². The first-order valence-electron chi connectivity index (χ1n) is 7.46. The summed E-state index contributed by atoms with van der Waals surface area (Å²) in [5.74, 6) is 0.318. The third-order valence-corrected chi connectivity index (χ3v) is 4.73. The summed E-state index contributed by atoms with van der Waals surface area (Å²) < 4.78 is 7.84. The third-order valence-electron chi connectivity index (χ3n) is 4.73. The van der Waals surface area contributed by atoms with Gasteiger partial charge in [0.1, 0.15) is 0 Å². The van der Waals surface area contributed by atoms with Crippen molar-refractivity contribution in [2.75, 3.05) is 6.61 Å². The predicted octanol–water partition coefficient (Wildman–Crippen LogP) is 2.85. The number of hydrogen-bond donors (Lipinski definition) is 1. The van der Waals surface area contributed by atoms with Gasteiger partial charge >= 0.3 is 0 Å². The molecule has 3 rings (SSSR count). The molecule has 2 heterocycles. The zero-order valence-electron chi connectivity index (χ0n) is 11.9. The van der Waals surface area contributed by atoms with Crippen LogP contribution in [-0.2, 0) is 4.74 Å². The standard InChI is InChI=1S/C15H24N2O2/c1-11(2)17-10-13(9-16-17)14(18)12-4-7-19-15(8-12)5-3-6-15/h9-12,14,18H,3-8H2,1-2H3. The van der Waals surface area contributed by atoms with Gasteiger partial charge in [-0.1, -0.05) is 0 Å². The molecule has 0 aromatic carbocycles. The molecular formula is C15H24N2O2. The van der Waals surface area contributed by atoms with Gasteiger partial charge in [-0.05, 0) is 51.9 Å². The van der Waals surface area contributed by atoms with Gasteiger partial charge in [-0.25, -0.2) is 0 Å². The van der Waals surface area contributed by atoms with Crippen molar-refractivity contribution in [3.05, 3.63) is 18.0 Å². The van der Waals surface area contributed by atoms with E-state index < -0.39 is 6.10 Å². The van der Waals surface area contributed by atoms with Crippen LogP contribution in [0.15, 0.2) is 12.4 Å². The van der Waals surface area contributed by atoms with Crippen LogP contribution in [0.25, 0.3) is 0 Å². The first-order valence-corrected chi connectivity index (χ1v) is 7.46. The van der Waals surface area contributed by atoms with Crippen molar-refractivity contribution in [1.29, 1.82) is 0 Å². The Morgan fingerprint density at radius 1 is 1.47 bits per heavy atom. The van der Waals surface area contributed by atoms with Gasteiger partial charge in [0.15, 0.2) is 0 Å². The van der Waals surface area contributed by atoms with E-state index >= 15 is 0 Å². The summed E-state index contributed by atoms with van der Waals surface area (Å²) in [5.41, 5.74) is 1.05. The highest BCUT2D eigenvalue weighted by Crippen LogP contribution is 2.47. The van der Waals surface area contributed by atoms with Crippen LogP contribution in [0.3, 0.4) is 0 Å².